The van der Waals surface area contributed by atoms with Crippen LogP contribution >= 0.6 is 11.6 Å². The van der Waals surface area contributed by atoms with Crippen molar-refractivity contribution in [3.8, 4) is 0 Å². The number of likely N-dealkylation sites (N-methyl/N-ethyl adjacent to an activating group) is 1. The summed E-state index contributed by atoms with van der Waals surface area (Å²) in [5.74, 6) is 0.882. The molecule has 4 rings (SSSR count). The maximum atomic E-state index is 6.51. The molecule has 6 nitrogen and oxygen atoms in total. The quantitative estimate of drug-likeness (QED) is 0.313. The summed E-state index contributed by atoms with van der Waals surface area (Å²) >= 11 is 6.51. The van der Waals surface area contributed by atoms with E-state index in [9.17, 15) is 0 Å². The molecule has 0 aromatic carbocycles. The third-order valence-corrected chi connectivity index (χ3v) is 6.21. The van der Waals surface area contributed by atoms with Gasteiger partial charge in [-0.3, -0.25) is 14.0 Å². The summed E-state index contributed by atoms with van der Waals surface area (Å²) in [4.78, 5) is 16.2. The SMILES string of the molecule is C/C=C(\C/C(Cl)=C\CC)n1c2ncccc2n2c(CN(C)CCc3ccncc3)c(C)nc12. The molecule has 7 heteroatoms. The van der Waals surface area contributed by atoms with Gasteiger partial charge in [0.25, 0.3) is 0 Å². The van der Waals surface area contributed by atoms with Gasteiger partial charge in [0.15, 0.2) is 5.65 Å². The first-order valence-electron chi connectivity index (χ1n) is 11.4. The van der Waals surface area contributed by atoms with E-state index in [1.54, 1.807) is 0 Å². The van der Waals surface area contributed by atoms with Crippen LogP contribution in [0.1, 0.15) is 43.6 Å². The average Bonchev–Trinajstić information content (AvgIpc) is 3.30. The number of rotatable bonds is 9. The molecule has 33 heavy (non-hydrogen) atoms. The van der Waals surface area contributed by atoms with E-state index in [2.05, 4.69) is 70.1 Å². The lowest BCUT2D eigenvalue weighted by atomic mass is 10.2. The minimum absolute atomic E-state index is 0.648. The number of aromatic nitrogens is 5. The molecule has 0 aliphatic rings. The zero-order valence-electron chi connectivity index (χ0n) is 19.8. The fourth-order valence-corrected chi connectivity index (χ4v) is 4.50. The maximum absolute atomic E-state index is 6.51. The van der Waals surface area contributed by atoms with Crippen molar-refractivity contribution in [3.05, 3.63) is 77.0 Å². The zero-order chi connectivity index (χ0) is 23.4. The van der Waals surface area contributed by atoms with Crippen LogP contribution in [0.2, 0.25) is 0 Å². The lowest BCUT2D eigenvalue weighted by molar-refractivity contribution is 0.326. The van der Waals surface area contributed by atoms with Crippen molar-refractivity contribution in [1.82, 2.24) is 28.8 Å². The zero-order valence-corrected chi connectivity index (χ0v) is 20.5. The molecule has 0 atom stereocenters. The topological polar surface area (TPSA) is 51.2 Å². The minimum atomic E-state index is 0.648. The van der Waals surface area contributed by atoms with Crippen molar-refractivity contribution in [2.75, 3.05) is 13.6 Å². The monoisotopic (exact) mass is 462 g/mol. The standard InChI is InChI=1S/C26H31ClN6/c1-5-8-21(27)17-22(6-2)32-25-23(9-7-13-29-25)33-24(19(3)30-26(32)33)18-31(4)16-12-20-10-14-28-15-11-20/h6-11,13-15H,5,12,16-18H2,1-4H3/b21-8+,22-6+. The Bertz CT molecular complexity index is 1300. The first-order valence-corrected chi connectivity index (χ1v) is 11.8. The summed E-state index contributed by atoms with van der Waals surface area (Å²) in [6.07, 6.45) is 12.2. The van der Waals surface area contributed by atoms with Crippen molar-refractivity contribution in [1.29, 1.82) is 0 Å². The van der Waals surface area contributed by atoms with Crippen LogP contribution in [0.3, 0.4) is 0 Å². The summed E-state index contributed by atoms with van der Waals surface area (Å²) in [6, 6.07) is 8.25. The first-order chi connectivity index (χ1) is 16.0. The number of hydrogen-bond acceptors (Lipinski definition) is 4. The highest BCUT2D eigenvalue weighted by atomic mass is 35.5. The van der Waals surface area contributed by atoms with Gasteiger partial charge in [0.2, 0.25) is 5.78 Å². The van der Waals surface area contributed by atoms with E-state index < -0.39 is 0 Å². The molecule has 0 fully saturated rings. The molecule has 0 amide bonds. The fraction of sp³-hybridized carbons (Fsp3) is 0.346. The minimum Gasteiger partial charge on any atom is -0.300 e. The lowest BCUT2D eigenvalue weighted by Crippen LogP contribution is -2.22. The van der Waals surface area contributed by atoms with E-state index in [0.29, 0.717) is 6.42 Å². The van der Waals surface area contributed by atoms with Crippen LogP contribution in [0, 0.1) is 6.92 Å². The molecular formula is C26H31ClN6. The number of hydrogen-bond donors (Lipinski definition) is 0. The van der Waals surface area contributed by atoms with Gasteiger partial charge in [-0.2, -0.15) is 0 Å². The Labute approximate surface area is 200 Å². The molecule has 4 heterocycles. The Morgan fingerprint density at radius 1 is 1.18 bits per heavy atom. The van der Waals surface area contributed by atoms with Crippen LogP contribution in [-0.4, -0.2) is 42.4 Å². The Morgan fingerprint density at radius 3 is 2.70 bits per heavy atom. The van der Waals surface area contributed by atoms with Gasteiger partial charge in [0.1, 0.15) is 0 Å². The second-order valence-electron chi connectivity index (χ2n) is 8.32. The van der Waals surface area contributed by atoms with Gasteiger partial charge in [-0.05, 0) is 63.6 Å². The van der Waals surface area contributed by atoms with E-state index in [-0.39, 0.29) is 0 Å². The molecule has 0 bridgehead atoms. The normalized spacial score (nSPS) is 13.0. The third kappa shape index (κ3) is 4.87. The largest absolute Gasteiger partial charge is 0.300 e. The van der Waals surface area contributed by atoms with Gasteiger partial charge in [-0.25, -0.2) is 9.97 Å². The number of nitrogens with zero attached hydrogens (tertiary/aromatic N) is 6. The van der Waals surface area contributed by atoms with Crippen LogP contribution < -0.4 is 0 Å². The predicted octanol–water partition coefficient (Wildman–Crippen LogP) is 5.85. The van der Waals surface area contributed by atoms with Crippen LogP contribution in [0.4, 0.5) is 0 Å². The number of fused-ring (bicyclic) bond motifs is 3. The van der Waals surface area contributed by atoms with Crippen molar-refractivity contribution in [2.45, 2.75) is 46.6 Å². The molecule has 4 aromatic heterocycles. The van der Waals surface area contributed by atoms with Gasteiger partial charge in [0.05, 0.1) is 16.9 Å². The van der Waals surface area contributed by atoms with E-state index in [1.807, 2.05) is 31.6 Å². The van der Waals surface area contributed by atoms with Crippen molar-refractivity contribution >= 4 is 34.2 Å². The van der Waals surface area contributed by atoms with Gasteiger partial charge < -0.3 is 4.90 Å². The highest BCUT2D eigenvalue weighted by Gasteiger charge is 2.21. The number of halogens is 1. The Kier molecular flexibility index (Phi) is 7.26. The van der Waals surface area contributed by atoms with Gasteiger partial charge in [-0.15, -0.1) is 0 Å². The summed E-state index contributed by atoms with van der Waals surface area (Å²) in [6.45, 7) is 7.97. The number of allylic oxidation sites excluding steroid dienone is 4. The third-order valence-electron chi connectivity index (χ3n) is 5.92. The molecule has 0 saturated carbocycles. The molecule has 0 aliphatic carbocycles. The van der Waals surface area contributed by atoms with Gasteiger partial charge in [-0.1, -0.05) is 30.7 Å². The smallest absolute Gasteiger partial charge is 0.221 e. The van der Waals surface area contributed by atoms with Gasteiger partial charge >= 0.3 is 0 Å². The maximum Gasteiger partial charge on any atom is 0.221 e. The molecular weight excluding hydrogens is 432 g/mol. The number of imidazole rings is 2. The lowest BCUT2D eigenvalue weighted by Gasteiger charge is -2.16. The van der Waals surface area contributed by atoms with Crippen LogP contribution in [0.15, 0.2) is 60.0 Å². The Morgan fingerprint density at radius 2 is 1.97 bits per heavy atom. The van der Waals surface area contributed by atoms with Crippen molar-refractivity contribution in [2.24, 2.45) is 0 Å². The van der Waals surface area contributed by atoms with E-state index in [4.69, 9.17) is 21.6 Å². The summed E-state index contributed by atoms with van der Waals surface area (Å²) in [7, 11) is 2.16. The molecule has 0 aliphatic heterocycles. The highest BCUT2D eigenvalue weighted by molar-refractivity contribution is 6.30. The highest BCUT2D eigenvalue weighted by Crippen LogP contribution is 2.30. The molecule has 0 radical (unpaired) electrons. The summed E-state index contributed by atoms with van der Waals surface area (Å²) in [5.41, 5.74) is 6.54. The molecule has 0 spiro atoms. The van der Waals surface area contributed by atoms with Crippen LogP contribution in [0.5, 0.6) is 0 Å². The molecule has 0 unspecified atom stereocenters. The second kappa shape index (κ2) is 10.3. The van der Waals surface area contributed by atoms with Crippen LogP contribution in [0.25, 0.3) is 22.6 Å². The summed E-state index contributed by atoms with van der Waals surface area (Å²) < 4.78 is 4.40. The van der Waals surface area contributed by atoms with Crippen LogP contribution in [-0.2, 0) is 13.0 Å². The van der Waals surface area contributed by atoms with E-state index in [0.717, 1.165) is 59.3 Å². The van der Waals surface area contributed by atoms with E-state index in [1.165, 1.54) is 11.3 Å². The average molecular weight is 463 g/mol. The molecule has 0 saturated heterocycles. The fourth-order valence-electron chi connectivity index (χ4n) is 4.21. The number of aryl methyl sites for hydroxylation is 1. The van der Waals surface area contributed by atoms with Crippen molar-refractivity contribution < 1.29 is 0 Å². The molecule has 172 valence electrons. The summed E-state index contributed by atoms with van der Waals surface area (Å²) in [5, 5.41) is 0.834. The second-order valence-corrected chi connectivity index (χ2v) is 8.81. The van der Waals surface area contributed by atoms with E-state index >= 15 is 0 Å². The van der Waals surface area contributed by atoms with Crippen molar-refractivity contribution in [3.63, 3.8) is 0 Å². The molecule has 4 aromatic rings. The Hall–Kier alpha value is -2.96. The molecule has 0 N–H and O–H groups in total. The number of pyridine rings is 2. The Balaban J connectivity index is 1.72. The first kappa shape index (κ1) is 23.2. The van der Waals surface area contributed by atoms with Gasteiger partial charge in [0, 0.05) is 48.8 Å². The predicted molar refractivity (Wildman–Crippen MR) is 136 cm³/mol.